The Morgan fingerprint density at radius 3 is 2.45 bits per heavy atom. The van der Waals surface area contributed by atoms with Crippen LogP contribution in [-0.4, -0.2) is 68.2 Å². The molecule has 1 heterocycles. The van der Waals surface area contributed by atoms with Gasteiger partial charge in [-0.3, -0.25) is 14.4 Å². The highest BCUT2D eigenvalue weighted by Crippen LogP contribution is 2.40. The van der Waals surface area contributed by atoms with Gasteiger partial charge in [0.1, 0.15) is 11.8 Å². The average Bonchev–Trinajstić information content (AvgIpc) is 3.27. The summed E-state index contributed by atoms with van der Waals surface area (Å²) in [7, 11) is 0. The largest absolute Gasteiger partial charge is 0.508 e. The number of hydrogen-bond acceptors (Lipinski definition) is 6. The highest BCUT2D eigenvalue weighted by molar-refractivity contribution is 8.00. The van der Waals surface area contributed by atoms with Crippen molar-refractivity contribution in [3.63, 3.8) is 0 Å². The summed E-state index contributed by atoms with van der Waals surface area (Å²) in [6, 6.07) is 12.3. The number of nitrogens with zero attached hydrogens (tertiary/aromatic N) is 1. The number of aliphatic hydroxyl groups excluding tert-OH is 1. The van der Waals surface area contributed by atoms with E-state index in [9.17, 15) is 24.6 Å². The molecule has 0 spiro atoms. The number of carbonyl (C=O) groups excluding carboxylic acids is 3. The smallest absolute Gasteiger partial charge is 0.254 e. The first kappa shape index (κ1) is 29.9. The molecule has 1 aliphatic heterocycles. The molecule has 1 saturated carbocycles. The molecule has 40 heavy (non-hydrogen) atoms. The van der Waals surface area contributed by atoms with Gasteiger partial charge in [0.15, 0.2) is 6.10 Å². The lowest BCUT2D eigenvalue weighted by molar-refractivity contribution is -0.147. The maximum absolute atomic E-state index is 13.8. The molecule has 0 aromatic heterocycles. The Labute approximate surface area is 240 Å². The van der Waals surface area contributed by atoms with Gasteiger partial charge in [0.2, 0.25) is 5.91 Å². The fraction of sp³-hybridized carbons (Fsp3) is 0.516. The average molecular weight is 568 g/mol. The predicted octanol–water partition coefficient (Wildman–Crippen LogP) is 3.78. The van der Waals surface area contributed by atoms with Crippen molar-refractivity contribution in [2.75, 3.05) is 12.4 Å². The van der Waals surface area contributed by atoms with E-state index in [-0.39, 0.29) is 29.5 Å². The number of hydrogen-bond donors (Lipinski definition) is 4. The lowest BCUT2D eigenvalue weighted by Gasteiger charge is -2.34. The number of amides is 3. The zero-order chi connectivity index (χ0) is 28.9. The van der Waals surface area contributed by atoms with E-state index in [0.717, 1.165) is 18.4 Å². The number of aromatic hydroxyl groups is 1. The second-order valence-electron chi connectivity index (χ2n) is 11.5. The third kappa shape index (κ3) is 6.99. The van der Waals surface area contributed by atoms with E-state index in [2.05, 4.69) is 10.6 Å². The monoisotopic (exact) mass is 567 g/mol. The summed E-state index contributed by atoms with van der Waals surface area (Å²) in [6.07, 6.45) is 4.43. The van der Waals surface area contributed by atoms with Crippen molar-refractivity contribution in [1.29, 1.82) is 0 Å². The molecule has 2 aliphatic rings. The van der Waals surface area contributed by atoms with Crippen LogP contribution >= 0.6 is 11.8 Å². The molecule has 3 atom stereocenters. The van der Waals surface area contributed by atoms with Crippen LogP contribution in [0.1, 0.15) is 67.4 Å². The Morgan fingerprint density at radius 1 is 1.05 bits per heavy atom. The van der Waals surface area contributed by atoms with Gasteiger partial charge in [0, 0.05) is 22.4 Å². The number of rotatable bonds is 9. The Hall–Kier alpha value is -3.04. The molecule has 9 heteroatoms. The Kier molecular flexibility index (Phi) is 9.79. The molecule has 2 aromatic carbocycles. The van der Waals surface area contributed by atoms with Gasteiger partial charge in [0.25, 0.3) is 11.8 Å². The maximum atomic E-state index is 13.8. The molecule has 1 saturated heterocycles. The minimum absolute atomic E-state index is 0.0118. The molecule has 3 unspecified atom stereocenters. The van der Waals surface area contributed by atoms with Crippen LogP contribution in [0.4, 0.5) is 0 Å². The van der Waals surface area contributed by atoms with Crippen LogP contribution in [0.25, 0.3) is 0 Å². The van der Waals surface area contributed by atoms with E-state index < -0.39 is 34.7 Å². The van der Waals surface area contributed by atoms with E-state index >= 15 is 0 Å². The fourth-order valence-corrected chi connectivity index (χ4v) is 6.85. The summed E-state index contributed by atoms with van der Waals surface area (Å²) < 4.78 is -0.539. The Morgan fingerprint density at radius 2 is 1.75 bits per heavy atom. The molecule has 8 nitrogen and oxygen atoms in total. The summed E-state index contributed by atoms with van der Waals surface area (Å²) in [6.45, 7) is 6.11. The number of benzene rings is 2. The van der Waals surface area contributed by atoms with Crippen molar-refractivity contribution < 1.29 is 24.6 Å². The van der Waals surface area contributed by atoms with Gasteiger partial charge < -0.3 is 25.7 Å². The lowest BCUT2D eigenvalue weighted by atomic mass is 9.89. The van der Waals surface area contributed by atoms with Crippen LogP contribution in [0.5, 0.6) is 5.75 Å². The first-order chi connectivity index (χ1) is 19.1. The maximum Gasteiger partial charge on any atom is 0.254 e. The highest BCUT2D eigenvalue weighted by atomic mass is 32.2. The van der Waals surface area contributed by atoms with Gasteiger partial charge in [-0.2, -0.15) is 0 Å². The minimum Gasteiger partial charge on any atom is -0.508 e. The van der Waals surface area contributed by atoms with E-state index in [4.69, 9.17) is 0 Å². The van der Waals surface area contributed by atoms with Crippen LogP contribution in [0.3, 0.4) is 0 Å². The van der Waals surface area contributed by atoms with Crippen molar-refractivity contribution in [2.45, 2.75) is 82.2 Å². The number of aliphatic hydroxyl groups is 1. The molecular formula is C31H41N3O5S. The summed E-state index contributed by atoms with van der Waals surface area (Å²) in [4.78, 5) is 42.0. The van der Waals surface area contributed by atoms with Crippen molar-refractivity contribution in [3.8, 4) is 5.75 Å². The molecule has 1 aliphatic carbocycles. The lowest BCUT2D eigenvalue weighted by Crippen LogP contribution is -2.59. The minimum atomic E-state index is -1.58. The second-order valence-corrected chi connectivity index (χ2v) is 13.1. The van der Waals surface area contributed by atoms with Crippen LogP contribution in [0.15, 0.2) is 48.5 Å². The first-order valence-corrected chi connectivity index (χ1v) is 15.1. The molecule has 0 radical (unpaired) electrons. The molecular weight excluding hydrogens is 526 g/mol. The van der Waals surface area contributed by atoms with Gasteiger partial charge in [0.05, 0.1) is 11.9 Å². The first-order valence-electron chi connectivity index (χ1n) is 14.1. The molecule has 4 N–H and O–H groups in total. The number of nitrogens with one attached hydrogen (secondary N) is 2. The zero-order valence-corrected chi connectivity index (χ0v) is 24.4. The SMILES string of the molecule is Cc1c(O)cccc1C(=O)NC(Cc1ccccc1)C(O)C(=O)N1CSC(C)(C)C1C(=O)NCC1CCCCC1. The van der Waals surface area contributed by atoms with Crippen molar-refractivity contribution in [2.24, 2.45) is 5.92 Å². The number of carbonyl (C=O) groups is 3. The fourth-order valence-electron chi connectivity index (χ4n) is 5.71. The molecule has 4 rings (SSSR count). The number of phenolic OH excluding ortho intramolecular Hbond substituents is 1. The van der Waals surface area contributed by atoms with E-state index in [0.29, 0.717) is 18.0 Å². The third-order valence-corrected chi connectivity index (χ3v) is 9.54. The van der Waals surface area contributed by atoms with Gasteiger partial charge in [-0.1, -0.05) is 55.7 Å². The Balaban J connectivity index is 1.53. The highest BCUT2D eigenvalue weighted by Gasteiger charge is 2.49. The van der Waals surface area contributed by atoms with Crippen molar-refractivity contribution in [3.05, 3.63) is 65.2 Å². The van der Waals surface area contributed by atoms with Gasteiger partial charge in [-0.05, 0) is 63.6 Å². The summed E-state index contributed by atoms with van der Waals surface area (Å²) >= 11 is 1.50. The summed E-state index contributed by atoms with van der Waals surface area (Å²) in [5.74, 6) is -0.593. The topological polar surface area (TPSA) is 119 Å². The van der Waals surface area contributed by atoms with Crippen molar-refractivity contribution >= 4 is 29.5 Å². The van der Waals surface area contributed by atoms with Crippen LogP contribution < -0.4 is 10.6 Å². The summed E-state index contributed by atoms with van der Waals surface area (Å²) in [5, 5.41) is 27.4. The number of thioether (sulfide) groups is 1. The second kappa shape index (κ2) is 13.1. The molecule has 2 aromatic rings. The quantitative estimate of drug-likeness (QED) is 0.366. The molecule has 216 valence electrons. The Bertz CT molecular complexity index is 1200. The number of phenols is 1. The predicted molar refractivity (Wildman–Crippen MR) is 157 cm³/mol. The van der Waals surface area contributed by atoms with Crippen LogP contribution in [-0.2, 0) is 16.0 Å². The summed E-state index contributed by atoms with van der Waals surface area (Å²) in [5.41, 5.74) is 1.51. The van der Waals surface area contributed by atoms with E-state index in [1.54, 1.807) is 19.1 Å². The van der Waals surface area contributed by atoms with Crippen LogP contribution in [0, 0.1) is 12.8 Å². The van der Waals surface area contributed by atoms with Gasteiger partial charge in [-0.25, -0.2) is 0 Å². The van der Waals surface area contributed by atoms with E-state index in [1.165, 1.54) is 42.0 Å². The van der Waals surface area contributed by atoms with Crippen molar-refractivity contribution in [1.82, 2.24) is 15.5 Å². The van der Waals surface area contributed by atoms with Gasteiger partial charge >= 0.3 is 0 Å². The van der Waals surface area contributed by atoms with E-state index in [1.807, 2.05) is 44.2 Å². The zero-order valence-electron chi connectivity index (χ0n) is 23.6. The normalized spacial score (nSPS) is 20.5. The standard InChI is InChI=1S/C31H41N3O5S/c1-20-23(15-10-16-25(20)35)28(37)33-24(17-21-11-6-4-7-12-21)26(36)30(39)34-19-40-31(2,3)27(34)29(38)32-18-22-13-8-5-9-14-22/h4,6-7,10-12,15-16,22,24,26-27,35-36H,5,8-9,13-14,17-19H2,1-3H3,(H,32,38)(H,33,37). The molecule has 0 bridgehead atoms. The van der Waals surface area contributed by atoms with Gasteiger partial charge in [-0.15, -0.1) is 11.8 Å². The molecule has 2 fully saturated rings. The third-order valence-electron chi connectivity index (χ3n) is 8.17. The molecule has 3 amide bonds. The van der Waals surface area contributed by atoms with Crippen LogP contribution in [0.2, 0.25) is 0 Å².